The molecule has 0 saturated carbocycles. The van der Waals surface area contributed by atoms with Crippen molar-refractivity contribution in [3.05, 3.63) is 58.1 Å². The van der Waals surface area contributed by atoms with Gasteiger partial charge in [0.15, 0.2) is 0 Å². The number of anilines is 1. The molecule has 1 unspecified atom stereocenters. The molecule has 21 heavy (non-hydrogen) atoms. The molecule has 0 aliphatic heterocycles. The molecule has 2 N–H and O–H groups in total. The fraction of sp³-hybridized carbons (Fsp3) is 0.250. The summed E-state index contributed by atoms with van der Waals surface area (Å²) in [6.07, 6.45) is 0. The lowest BCUT2D eigenvalue weighted by Gasteiger charge is -2.32. The number of aliphatic hydroxyl groups is 1. The predicted octanol–water partition coefficient (Wildman–Crippen LogP) is 4.32. The Labute approximate surface area is 134 Å². The molecule has 0 bridgehead atoms. The lowest BCUT2D eigenvalue weighted by atomic mass is 9.92. The van der Waals surface area contributed by atoms with E-state index in [1.54, 1.807) is 19.2 Å². The number of hydrogen-bond acceptors (Lipinski definition) is 3. The Morgan fingerprint density at radius 2 is 1.90 bits per heavy atom. The molecule has 0 aliphatic rings. The summed E-state index contributed by atoms with van der Waals surface area (Å²) in [7, 11) is 1.60. The van der Waals surface area contributed by atoms with E-state index in [1.807, 2.05) is 37.3 Å². The number of benzene rings is 2. The van der Waals surface area contributed by atoms with Crippen molar-refractivity contribution in [3.8, 4) is 5.75 Å². The zero-order valence-electron chi connectivity index (χ0n) is 11.9. The molecule has 0 heterocycles. The summed E-state index contributed by atoms with van der Waals surface area (Å²) in [4.78, 5) is 0. The first-order chi connectivity index (χ1) is 10.00. The van der Waals surface area contributed by atoms with E-state index in [9.17, 15) is 5.11 Å². The molecule has 0 radical (unpaired) electrons. The second kappa shape index (κ2) is 6.56. The quantitative estimate of drug-likeness (QED) is 0.860. The first kappa shape index (κ1) is 16.0. The number of ether oxygens (including phenoxy) is 1. The lowest BCUT2D eigenvalue weighted by molar-refractivity contribution is 0.223. The van der Waals surface area contributed by atoms with Crippen LogP contribution in [-0.2, 0) is 5.54 Å². The second-order valence-electron chi connectivity index (χ2n) is 4.94. The van der Waals surface area contributed by atoms with Gasteiger partial charge in [0.05, 0.1) is 24.9 Å². The van der Waals surface area contributed by atoms with E-state index >= 15 is 0 Å². The molecule has 2 aromatic rings. The van der Waals surface area contributed by atoms with Gasteiger partial charge in [0.25, 0.3) is 0 Å². The van der Waals surface area contributed by atoms with Gasteiger partial charge in [0.1, 0.15) is 5.75 Å². The molecule has 2 rings (SSSR count). The van der Waals surface area contributed by atoms with E-state index in [0.717, 1.165) is 11.3 Å². The molecular weight excluding hydrogens is 309 g/mol. The lowest BCUT2D eigenvalue weighted by Crippen LogP contribution is -2.36. The van der Waals surface area contributed by atoms with Crippen LogP contribution in [0.4, 0.5) is 5.69 Å². The molecule has 5 heteroatoms. The molecule has 0 saturated heterocycles. The number of halogens is 2. The van der Waals surface area contributed by atoms with Crippen LogP contribution in [0.25, 0.3) is 0 Å². The Morgan fingerprint density at radius 3 is 2.52 bits per heavy atom. The minimum absolute atomic E-state index is 0.133. The zero-order chi connectivity index (χ0) is 15.5. The molecular formula is C16H17Cl2NO2. The molecule has 0 spiro atoms. The molecule has 0 aliphatic carbocycles. The summed E-state index contributed by atoms with van der Waals surface area (Å²) in [5, 5.41) is 14.2. The van der Waals surface area contributed by atoms with Crippen molar-refractivity contribution in [1.29, 1.82) is 0 Å². The Morgan fingerprint density at radius 1 is 1.19 bits per heavy atom. The maximum absolute atomic E-state index is 9.86. The van der Waals surface area contributed by atoms with E-state index in [1.165, 1.54) is 0 Å². The van der Waals surface area contributed by atoms with E-state index in [2.05, 4.69) is 5.32 Å². The molecule has 1 atom stereocenters. The van der Waals surface area contributed by atoms with Crippen LogP contribution in [0.3, 0.4) is 0 Å². The fourth-order valence-electron chi connectivity index (χ4n) is 2.17. The third-order valence-electron chi connectivity index (χ3n) is 3.36. The average molecular weight is 326 g/mol. The van der Waals surface area contributed by atoms with Crippen LogP contribution in [0.15, 0.2) is 42.5 Å². The minimum atomic E-state index is -0.754. The summed E-state index contributed by atoms with van der Waals surface area (Å²) in [6.45, 7) is 1.74. The number of para-hydroxylation sites is 2. The zero-order valence-corrected chi connectivity index (χ0v) is 13.4. The Bertz CT molecular complexity index is 633. The van der Waals surface area contributed by atoms with Crippen LogP contribution in [-0.4, -0.2) is 18.8 Å². The van der Waals surface area contributed by atoms with Gasteiger partial charge >= 0.3 is 0 Å². The SMILES string of the molecule is COc1ccccc1NC(C)(CO)c1ccc(Cl)cc1Cl. The van der Waals surface area contributed by atoms with Crippen molar-refractivity contribution in [2.75, 3.05) is 19.0 Å². The Hall–Kier alpha value is -1.42. The van der Waals surface area contributed by atoms with Crippen LogP contribution in [0.5, 0.6) is 5.75 Å². The van der Waals surface area contributed by atoms with E-state index in [0.29, 0.717) is 15.8 Å². The largest absolute Gasteiger partial charge is 0.495 e. The molecule has 0 amide bonds. The summed E-state index contributed by atoms with van der Waals surface area (Å²) in [5.41, 5.74) is 0.792. The van der Waals surface area contributed by atoms with Gasteiger partial charge in [-0.1, -0.05) is 41.4 Å². The van der Waals surface area contributed by atoms with Crippen LogP contribution in [0, 0.1) is 0 Å². The van der Waals surface area contributed by atoms with Gasteiger partial charge < -0.3 is 15.2 Å². The van der Waals surface area contributed by atoms with Gasteiger partial charge in [0.2, 0.25) is 0 Å². The highest BCUT2D eigenvalue weighted by Gasteiger charge is 2.29. The highest BCUT2D eigenvalue weighted by Crippen LogP contribution is 2.35. The summed E-state index contributed by atoms with van der Waals surface area (Å²) in [5.74, 6) is 0.697. The van der Waals surface area contributed by atoms with Crippen molar-refractivity contribution in [2.45, 2.75) is 12.5 Å². The van der Waals surface area contributed by atoms with Crippen molar-refractivity contribution in [3.63, 3.8) is 0 Å². The fourth-order valence-corrected chi connectivity index (χ4v) is 2.79. The summed E-state index contributed by atoms with van der Waals surface area (Å²) in [6, 6.07) is 12.7. The monoisotopic (exact) mass is 325 g/mol. The van der Waals surface area contributed by atoms with Crippen molar-refractivity contribution < 1.29 is 9.84 Å². The van der Waals surface area contributed by atoms with Crippen molar-refractivity contribution in [2.24, 2.45) is 0 Å². The van der Waals surface area contributed by atoms with E-state index < -0.39 is 5.54 Å². The van der Waals surface area contributed by atoms with Gasteiger partial charge in [-0.2, -0.15) is 0 Å². The van der Waals surface area contributed by atoms with Gasteiger partial charge in [0, 0.05) is 10.0 Å². The molecule has 112 valence electrons. The first-order valence-electron chi connectivity index (χ1n) is 6.48. The average Bonchev–Trinajstić information content (AvgIpc) is 2.47. The van der Waals surface area contributed by atoms with Crippen LogP contribution >= 0.6 is 23.2 Å². The van der Waals surface area contributed by atoms with Crippen molar-refractivity contribution >= 4 is 28.9 Å². The predicted molar refractivity (Wildman–Crippen MR) is 87.5 cm³/mol. The third kappa shape index (κ3) is 3.43. The Balaban J connectivity index is 2.41. The van der Waals surface area contributed by atoms with E-state index in [4.69, 9.17) is 27.9 Å². The van der Waals surface area contributed by atoms with Gasteiger partial charge in [-0.15, -0.1) is 0 Å². The standard InChI is InChI=1S/C16H17Cl2NO2/c1-16(10-20,12-8-7-11(17)9-13(12)18)19-14-5-3-4-6-15(14)21-2/h3-9,19-20H,10H2,1-2H3. The summed E-state index contributed by atoms with van der Waals surface area (Å²) >= 11 is 12.2. The second-order valence-corrected chi connectivity index (χ2v) is 5.78. The molecule has 2 aromatic carbocycles. The summed E-state index contributed by atoms with van der Waals surface area (Å²) < 4.78 is 5.32. The number of nitrogens with one attached hydrogen (secondary N) is 1. The van der Waals surface area contributed by atoms with Gasteiger partial charge in [-0.05, 0) is 36.8 Å². The molecule has 3 nitrogen and oxygen atoms in total. The minimum Gasteiger partial charge on any atom is -0.495 e. The van der Waals surface area contributed by atoms with Gasteiger partial charge in [-0.3, -0.25) is 0 Å². The number of hydrogen-bond donors (Lipinski definition) is 2. The van der Waals surface area contributed by atoms with Crippen LogP contribution in [0.2, 0.25) is 10.0 Å². The highest BCUT2D eigenvalue weighted by atomic mass is 35.5. The van der Waals surface area contributed by atoms with Crippen LogP contribution < -0.4 is 10.1 Å². The van der Waals surface area contributed by atoms with Crippen molar-refractivity contribution in [1.82, 2.24) is 0 Å². The van der Waals surface area contributed by atoms with Gasteiger partial charge in [-0.25, -0.2) is 0 Å². The Kier molecular flexibility index (Phi) is 4.99. The third-order valence-corrected chi connectivity index (χ3v) is 3.91. The first-order valence-corrected chi connectivity index (χ1v) is 7.23. The van der Waals surface area contributed by atoms with Crippen LogP contribution in [0.1, 0.15) is 12.5 Å². The topological polar surface area (TPSA) is 41.5 Å². The smallest absolute Gasteiger partial charge is 0.141 e. The number of aliphatic hydroxyl groups excluding tert-OH is 1. The number of methoxy groups -OCH3 is 1. The maximum atomic E-state index is 9.86. The molecule has 0 aromatic heterocycles. The number of rotatable bonds is 5. The highest BCUT2D eigenvalue weighted by molar-refractivity contribution is 6.35. The molecule has 0 fully saturated rings. The maximum Gasteiger partial charge on any atom is 0.141 e. The normalized spacial score (nSPS) is 13.6. The van der Waals surface area contributed by atoms with E-state index in [-0.39, 0.29) is 6.61 Å².